The van der Waals surface area contributed by atoms with Crippen molar-refractivity contribution in [2.24, 2.45) is 0 Å². The van der Waals surface area contributed by atoms with Gasteiger partial charge in [-0.05, 0) is 6.08 Å². The molecule has 0 aromatic carbocycles. The first-order valence-corrected chi connectivity index (χ1v) is 8.84. The molecule has 0 amide bonds. The molecule has 26 heavy (non-hydrogen) atoms. The zero-order valence-corrected chi connectivity index (χ0v) is 14.6. The molecule has 0 bridgehead atoms. The fourth-order valence-corrected chi connectivity index (χ4v) is 3.12. The van der Waals surface area contributed by atoms with E-state index in [9.17, 15) is 18.0 Å². The average molecular weight is 372 g/mol. The van der Waals surface area contributed by atoms with Crippen molar-refractivity contribution in [3.63, 3.8) is 0 Å². The Morgan fingerprint density at radius 1 is 1.15 bits per heavy atom. The van der Waals surface area contributed by atoms with Crippen LogP contribution in [0.25, 0.3) is 16.7 Å². The van der Waals surface area contributed by atoms with Gasteiger partial charge in [0.2, 0.25) is 10.3 Å². The van der Waals surface area contributed by atoms with Gasteiger partial charge in [-0.15, -0.1) is 13.2 Å². The first kappa shape index (κ1) is 17.6. The van der Waals surface area contributed by atoms with Gasteiger partial charge in [0.1, 0.15) is 11.5 Å². The molecular weight excluding hydrogens is 356 g/mol. The summed E-state index contributed by atoms with van der Waals surface area (Å²) in [6, 6.07) is 0. The molecule has 134 valence electrons. The summed E-state index contributed by atoms with van der Waals surface area (Å²) in [5, 5.41) is 0. The molecule has 2 heterocycles. The van der Waals surface area contributed by atoms with E-state index in [0.717, 1.165) is 4.57 Å². The number of imidazole rings is 1. The van der Waals surface area contributed by atoms with E-state index in [-0.39, 0.29) is 29.9 Å². The first-order valence-electron chi connectivity index (χ1n) is 7.76. The Morgan fingerprint density at radius 2 is 1.85 bits per heavy atom. The monoisotopic (exact) mass is 372 g/mol. The van der Waals surface area contributed by atoms with Gasteiger partial charge in [-0.1, -0.05) is 24.3 Å². The second kappa shape index (κ2) is 6.96. The van der Waals surface area contributed by atoms with E-state index in [2.05, 4.69) is 23.1 Å². The van der Waals surface area contributed by atoms with Crippen LogP contribution in [0.2, 0.25) is 0 Å². The van der Waals surface area contributed by atoms with Crippen molar-refractivity contribution in [1.82, 2.24) is 19.1 Å². The van der Waals surface area contributed by atoms with E-state index < -0.39 is 21.5 Å². The van der Waals surface area contributed by atoms with Crippen LogP contribution >= 0.6 is 0 Å². The third-order valence-electron chi connectivity index (χ3n) is 3.95. The molecule has 0 spiro atoms. The molecule has 1 aliphatic rings. The van der Waals surface area contributed by atoms with Crippen molar-refractivity contribution in [1.29, 1.82) is 0 Å². The topological polar surface area (TPSA) is 107 Å². The minimum Gasteiger partial charge on any atom is -0.324 e. The predicted octanol–water partition coefficient (Wildman–Crippen LogP) is 0.653. The molecule has 9 heteroatoms. The molecule has 0 atom stereocenters. The van der Waals surface area contributed by atoms with Gasteiger partial charge >= 0.3 is 5.69 Å². The van der Waals surface area contributed by atoms with E-state index in [4.69, 9.17) is 0 Å². The third kappa shape index (κ3) is 2.93. The van der Waals surface area contributed by atoms with Gasteiger partial charge in [0.25, 0.3) is 5.56 Å². The van der Waals surface area contributed by atoms with Crippen molar-refractivity contribution < 1.29 is 8.42 Å². The second-order valence-corrected chi connectivity index (χ2v) is 6.56. The van der Waals surface area contributed by atoms with E-state index in [1.54, 1.807) is 18.2 Å². The van der Waals surface area contributed by atoms with Crippen LogP contribution in [0.1, 0.15) is 12.2 Å². The molecule has 0 saturated heterocycles. The van der Waals surface area contributed by atoms with Crippen molar-refractivity contribution >= 4 is 31.9 Å². The van der Waals surface area contributed by atoms with Crippen LogP contribution < -0.4 is 11.2 Å². The highest BCUT2D eigenvalue weighted by atomic mass is 32.2. The number of rotatable bonds is 5. The number of fused-ring (bicyclic) bond motifs is 1. The molecule has 0 aliphatic heterocycles. The highest BCUT2D eigenvalue weighted by Gasteiger charge is 2.18. The largest absolute Gasteiger partial charge is 0.333 e. The lowest BCUT2D eigenvalue weighted by molar-refractivity contribution is 0.627. The maximum atomic E-state index is 12.6. The van der Waals surface area contributed by atoms with Gasteiger partial charge in [-0.2, -0.15) is 8.42 Å². The van der Waals surface area contributed by atoms with E-state index in [1.165, 1.54) is 16.7 Å². The number of aromatic nitrogens is 4. The Balaban J connectivity index is 2.23. The van der Waals surface area contributed by atoms with E-state index >= 15 is 0 Å². The van der Waals surface area contributed by atoms with Crippen LogP contribution in [-0.2, 0) is 23.4 Å². The molecule has 2 aromatic heterocycles. The smallest absolute Gasteiger partial charge is 0.324 e. The summed E-state index contributed by atoms with van der Waals surface area (Å²) in [6.07, 6.45) is 8.03. The summed E-state index contributed by atoms with van der Waals surface area (Å²) in [4.78, 5) is 32.8. The average Bonchev–Trinajstić information content (AvgIpc) is 3.08. The van der Waals surface area contributed by atoms with E-state index in [1.807, 2.05) is 0 Å². The summed E-state index contributed by atoms with van der Waals surface area (Å²) in [5.74, 6) is 0.387. The van der Waals surface area contributed by atoms with Gasteiger partial charge in [0.15, 0.2) is 5.52 Å². The molecule has 1 N–H and O–H groups in total. The lowest BCUT2D eigenvalue weighted by Crippen LogP contribution is -2.39. The molecule has 2 aromatic rings. The number of H-pyrrole nitrogens is 1. The molecule has 0 saturated carbocycles. The Labute approximate surface area is 149 Å². The Kier molecular flexibility index (Phi) is 4.72. The third-order valence-corrected chi connectivity index (χ3v) is 4.68. The predicted molar refractivity (Wildman–Crippen MR) is 101 cm³/mol. The number of nitrogens with zero attached hydrogens (tertiary/aromatic N) is 3. The maximum Gasteiger partial charge on any atom is 0.333 e. The molecule has 8 nitrogen and oxygen atoms in total. The van der Waals surface area contributed by atoms with Gasteiger partial charge in [-0.25, -0.2) is 9.78 Å². The zero-order valence-electron chi connectivity index (χ0n) is 13.8. The Morgan fingerprint density at radius 3 is 2.42 bits per heavy atom. The molecular formula is C17H16N4O4S. The Bertz CT molecular complexity index is 1230. The number of allylic oxidation sites excluding steroid dienone is 6. The highest BCUT2D eigenvalue weighted by Crippen LogP contribution is 2.19. The highest BCUT2D eigenvalue weighted by molar-refractivity contribution is 7.73. The van der Waals surface area contributed by atoms with E-state index in [0.29, 0.717) is 17.0 Å². The molecule has 0 unspecified atom stereocenters. The normalized spacial score (nSPS) is 13.7. The number of hydrogen-bond acceptors (Lipinski definition) is 5. The van der Waals surface area contributed by atoms with Crippen LogP contribution in [0, 0.1) is 0 Å². The number of nitrogens with one attached hydrogen (secondary N) is 1. The Hall–Kier alpha value is -3.20. The zero-order chi connectivity index (χ0) is 18.8. The lowest BCUT2D eigenvalue weighted by Gasteiger charge is -2.07. The quantitative estimate of drug-likeness (QED) is 0.613. The molecule has 1 aliphatic carbocycles. The number of aromatic amines is 1. The molecule has 0 radical (unpaired) electrons. The standard InChI is InChI=1S/C17H16N4O4S/c1-3-9-20-15-13(16(22)21(10-4-2)17(20)23)18-14(19-15)11-5-7-12(8-6-11)26(24)25/h3-7H,1-2,8-10H2,(H,18,19). The van der Waals surface area contributed by atoms with Crippen LogP contribution in [0.15, 0.2) is 53.1 Å². The SMILES string of the molecule is C=CCn1c(=O)c2nc(C3=CCC(=S(=O)=O)C=C3)[nH]c2n(CC=C)c1=O. The summed E-state index contributed by atoms with van der Waals surface area (Å²) in [7, 11) is -2.27. The fraction of sp³-hybridized carbons (Fsp3) is 0.176. The van der Waals surface area contributed by atoms with Crippen molar-refractivity contribution in [2.45, 2.75) is 19.5 Å². The summed E-state index contributed by atoms with van der Waals surface area (Å²) >= 11 is 0. The lowest BCUT2D eigenvalue weighted by atomic mass is 10.1. The molecule has 0 fully saturated rings. The maximum absolute atomic E-state index is 12.6. The fourth-order valence-electron chi connectivity index (χ4n) is 2.72. The minimum absolute atomic E-state index is 0.0726. The second-order valence-electron chi connectivity index (χ2n) is 5.57. The van der Waals surface area contributed by atoms with Crippen molar-refractivity contribution in [2.75, 3.05) is 0 Å². The van der Waals surface area contributed by atoms with Gasteiger partial charge < -0.3 is 4.98 Å². The summed E-state index contributed by atoms with van der Waals surface area (Å²) in [5.41, 5.74) is 0.0678. The van der Waals surface area contributed by atoms with Crippen LogP contribution in [-0.4, -0.2) is 32.4 Å². The van der Waals surface area contributed by atoms with Gasteiger partial charge in [0.05, 0.1) is 4.86 Å². The summed E-state index contributed by atoms with van der Waals surface area (Å²) < 4.78 is 24.4. The van der Waals surface area contributed by atoms with Crippen molar-refractivity contribution in [3.05, 3.63) is 70.2 Å². The number of hydrogen-bond donors (Lipinski definition) is 1. The van der Waals surface area contributed by atoms with Gasteiger partial charge in [-0.3, -0.25) is 13.9 Å². The van der Waals surface area contributed by atoms with Gasteiger partial charge in [0, 0.05) is 25.1 Å². The van der Waals surface area contributed by atoms with Crippen molar-refractivity contribution in [3.8, 4) is 0 Å². The van der Waals surface area contributed by atoms with Crippen LogP contribution in [0.3, 0.4) is 0 Å². The summed E-state index contributed by atoms with van der Waals surface area (Å²) in [6.45, 7) is 7.48. The van der Waals surface area contributed by atoms with Crippen LogP contribution in [0.4, 0.5) is 0 Å². The van der Waals surface area contributed by atoms with Crippen LogP contribution in [0.5, 0.6) is 0 Å². The first-order chi connectivity index (χ1) is 12.5. The molecule has 3 rings (SSSR count). The minimum atomic E-state index is -2.27.